The van der Waals surface area contributed by atoms with Crippen molar-refractivity contribution in [2.45, 2.75) is 0 Å². The van der Waals surface area contributed by atoms with Crippen LogP contribution in [0.2, 0.25) is 0 Å². The van der Waals surface area contributed by atoms with Crippen LogP contribution in [0.3, 0.4) is 0 Å². The SMILES string of the molecule is N#Cc1ccc([N+]([O-])=Cc2ccc(N)cc2)cc1. The maximum Gasteiger partial charge on any atom is 0.216 e. The molecule has 0 aliphatic rings. The molecule has 0 bridgehead atoms. The molecule has 2 rings (SSSR count). The molecule has 4 nitrogen and oxygen atoms in total. The Morgan fingerprint density at radius 1 is 1.06 bits per heavy atom. The lowest BCUT2D eigenvalue weighted by Crippen LogP contribution is -1.99. The van der Waals surface area contributed by atoms with Gasteiger partial charge in [0.25, 0.3) is 0 Å². The second kappa shape index (κ2) is 5.02. The van der Waals surface area contributed by atoms with Crippen molar-refractivity contribution in [3.63, 3.8) is 0 Å². The van der Waals surface area contributed by atoms with E-state index in [0.717, 1.165) is 10.3 Å². The van der Waals surface area contributed by atoms with E-state index in [1.165, 1.54) is 6.21 Å². The van der Waals surface area contributed by atoms with E-state index in [1.807, 2.05) is 6.07 Å². The fourth-order valence-electron chi connectivity index (χ4n) is 1.47. The fraction of sp³-hybridized carbons (Fsp3) is 0. The highest BCUT2D eigenvalue weighted by atomic mass is 16.5. The Bertz CT molecular complexity index is 607. The van der Waals surface area contributed by atoms with Gasteiger partial charge in [0.15, 0.2) is 6.21 Å². The molecule has 0 saturated heterocycles. The van der Waals surface area contributed by atoms with Gasteiger partial charge in [0.1, 0.15) is 0 Å². The molecule has 0 spiro atoms. The van der Waals surface area contributed by atoms with Gasteiger partial charge in [-0.2, -0.15) is 10.0 Å². The number of nitriles is 1. The second-order valence-corrected chi connectivity index (χ2v) is 3.78. The van der Waals surface area contributed by atoms with Gasteiger partial charge in [0.05, 0.1) is 11.6 Å². The van der Waals surface area contributed by atoms with Crippen LogP contribution in [0.5, 0.6) is 0 Å². The molecule has 2 N–H and O–H groups in total. The summed E-state index contributed by atoms with van der Waals surface area (Å²) in [5.74, 6) is 0. The minimum Gasteiger partial charge on any atom is -0.618 e. The highest BCUT2D eigenvalue weighted by Crippen LogP contribution is 2.12. The molecular weight excluding hydrogens is 226 g/mol. The highest BCUT2D eigenvalue weighted by molar-refractivity contribution is 5.77. The van der Waals surface area contributed by atoms with Gasteiger partial charge in [0.2, 0.25) is 5.69 Å². The Morgan fingerprint density at radius 3 is 2.22 bits per heavy atom. The van der Waals surface area contributed by atoms with Crippen LogP contribution in [0.15, 0.2) is 48.5 Å². The van der Waals surface area contributed by atoms with Crippen molar-refractivity contribution in [1.29, 1.82) is 5.26 Å². The first-order valence-corrected chi connectivity index (χ1v) is 5.36. The molecule has 0 aliphatic carbocycles. The standard InChI is InChI=1S/C14H11N3O/c15-9-11-3-7-14(8-4-11)17(18)10-12-1-5-13(16)6-2-12/h1-8,10H,16H2. The zero-order chi connectivity index (χ0) is 13.0. The number of nitrogens with zero attached hydrogens (tertiary/aromatic N) is 2. The van der Waals surface area contributed by atoms with Crippen LogP contribution >= 0.6 is 0 Å². The highest BCUT2D eigenvalue weighted by Gasteiger charge is 2.01. The van der Waals surface area contributed by atoms with Crippen molar-refractivity contribution >= 4 is 17.6 Å². The monoisotopic (exact) mass is 237 g/mol. The molecule has 0 amide bonds. The summed E-state index contributed by atoms with van der Waals surface area (Å²) in [6.45, 7) is 0. The second-order valence-electron chi connectivity index (χ2n) is 3.78. The van der Waals surface area contributed by atoms with Crippen molar-refractivity contribution in [3.05, 3.63) is 64.9 Å². The van der Waals surface area contributed by atoms with Crippen LogP contribution in [-0.4, -0.2) is 11.0 Å². The number of anilines is 1. The molecule has 88 valence electrons. The maximum atomic E-state index is 11.8. The van der Waals surface area contributed by atoms with Gasteiger partial charge in [-0.05, 0) is 36.4 Å². The molecule has 0 aliphatic heterocycles. The molecule has 0 aromatic heterocycles. The number of rotatable bonds is 2. The third-order valence-corrected chi connectivity index (χ3v) is 2.45. The van der Waals surface area contributed by atoms with Gasteiger partial charge in [0, 0.05) is 23.4 Å². The molecule has 0 heterocycles. The third kappa shape index (κ3) is 2.66. The van der Waals surface area contributed by atoms with Crippen LogP contribution in [0, 0.1) is 16.5 Å². The first kappa shape index (κ1) is 11.7. The average Bonchev–Trinajstić information content (AvgIpc) is 2.41. The number of hydrogen-bond acceptors (Lipinski definition) is 3. The fourth-order valence-corrected chi connectivity index (χ4v) is 1.47. The number of nitrogen functional groups attached to an aromatic ring is 1. The summed E-state index contributed by atoms with van der Waals surface area (Å²) in [4.78, 5) is 0. The summed E-state index contributed by atoms with van der Waals surface area (Å²) in [6.07, 6.45) is 1.46. The molecule has 0 radical (unpaired) electrons. The van der Waals surface area contributed by atoms with Crippen molar-refractivity contribution in [1.82, 2.24) is 0 Å². The molecule has 4 heteroatoms. The predicted molar refractivity (Wildman–Crippen MR) is 70.5 cm³/mol. The van der Waals surface area contributed by atoms with Crippen LogP contribution in [0.1, 0.15) is 11.1 Å². The van der Waals surface area contributed by atoms with E-state index in [9.17, 15) is 5.21 Å². The van der Waals surface area contributed by atoms with Gasteiger partial charge in [-0.25, -0.2) is 0 Å². The topological polar surface area (TPSA) is 75.9 Å². The summed E-state index contributed by atoms with van der Waals surface area (Å²) in [7, 11) is 0. The normalized spacial score (nSPS) is 10.9. The Kier molecular flexibility index (Phi) is 3.26. The quantitative estimate of drug-likeness (QED) is 0.286. The van der Waals surface area contributed by atoms with E-state index < -0.39 is 0 Å². The molecule has 0 unspecified atom stereocenters. The van der Waals surface area contributed by atoms with Crippen LogP contribution in [-0.2, 0) is 0 Å². The predicted octanol–water partition coefficient (Wildman–Crippen LogP) is 2.40. The van der Waals surface area contributed by atoms with Gasteiger partial charge in [-0.3, -0.25) is 0 Å². The van der Waals surface area contributed by atoms with Crippen LogP contribution in [0.25, 0.3) is 0 Å². The van der Waals surface area contributed by atoms with E-state index in [1.54, 1.807) is 48.5 Å². The summed E-state index contributed by atoms with van der Waals surface area (Å²) < 4.78 is 0.757. The molecule has 18 heavy (non-hydrogen) atoms. The summed E-state index contributed by atoms with van der Waals surface area (Å²) in [5.41, 5.74) is 7.99. The molecular formula is C14H11N3O. The maximum absolute atomic E-state index is 11.8. The third-order valence-electron chi connectivity index (χ3n) is 2.45. The average molecular weight is 237 g/mol. The lowest BCUT2D eigenvalue weighted by molar-refractivity contribution is -0.354. The molecule has 2 aromatic rings. The van der Waals surface area contributed by atoms with Gasteiger partial charge in [-0.1, -0.05) is 0 Å². The largest absolute Gasteiger partial charge is 0.618 e. The minimum atomic E-state index is 0.478. The molecule has 0 atom stereocenters. The van der Waals surface area contributed by atoms with Crippen molar-refractivity contribution in [3.8, 4) is 6.07 Å². The lowest BCUT2D eigenvalue weighted by Gasteiger charge is -2.02. The summed E-state index contributed by atoms with van der Waals surface area (Å²) in [6, 6.07) is 15.4. The summed E-state index contributed by atoms with van der Waals surface area (Å²) >= 11 is 0. The van der Waals surface area contributed by atoms with E-state index in [0.29, 0.717) is 16.9 Å². The lowest BCUT2D eigenvalue weighted by atomic mass is 10.2. The zero-order valence-corrected chi connectivity index (χ0v) is 9.58. The first-order chi connectivity index (χ1) is 8.69. The van der Waals surface area contributed by atoms with Crippen molar-refractivity contribution in [2.75, 3.05) is 5.73 Å². The van der Waals surface area contributed by atoms with Gasteiger partial charge >= 0.3 is 0 Å². The van der Waals surface area contributed by atoms with Gasteiger partial charge < -0.3 is 10.9 Å². The molecule has 2 aromatic carbocycles. The van der Waals surface area contributed by atoms with Crippen LogP contribution in [0.4, 0.5) is 11.4 Å². The first-order valence-electron chi connectivity index (χ1n) is 5.36. The Morgan fingerprint density at radius 2 is 1.67 bits per heavy atom. The minimum absolute atomic E-state index is 0.478. The van der Waals surface area contributed by atoms with Crippen molar-refractivity contribution < 1.29 is 4.74 Å². The van der Waals surface area contributed by atoms with Crippen LogP contribution < -0.4 is 5.73 Å². The van der Waals surface area contributed by atoms with E-state index in [-0.39, 0.29) is 0 Å². The smallest absolute Gasteiger partial charge is 0.216 e. The van der Waals surface area contributed by atoms with E-state index in [4.69, 9.17) is 11.0 Å². The molecule has 0 saturated carbocycles. The van der Waals surface area contributed by atoms with E-state index in [2.05, 4.69) is 0 Å². The summed E-state index contributed by atoms with van der Waals surface area (Å²) in [5, 5.41) is 20.5. The number of hydrogen-bond donors (Lipinski definition) is 1. The number of benzene rings is 2. The Balaban J connectivity index is 2.27. The number of nitrogens with two attached hydrogens (primary N) is 1. The van der Waals surface area contributed by atoms with E-state index >= 15 is 0 Å². The van der Waals surface area contributed by atoms with Crippen molar-refractivity contribution in [2.24, 2.45) is 0 Å². The Hall–Kier alpha value is -2.80. The molecule has 0 fully saturated rings. The zero-order valence-electron chi connectivity index (χ0n) is 9.58. The van der Waals surface area contributed by atoms with Gasteiger partial charge in [-0.15, -0.1) is 0 Å². The Labute approximate surface area is 105 Å².